The molecule has 0 aliphatic heterocycles. The van der Waals surface area contributed by atoms with Crippen LogP contribution in [0.2, 0.25) is 0 Å². The lowest BCUT2D eigenvalue weighted by atomic mass is 10.1. The van der Waals surface area contributed by atoms with Gasteiger partial charge in [0.05, 0.1) is 0 Å². The van der Waals surface area contributed by atoms with Gasteiger partial charge in [0.2, 0.25) is 0 Å². The van der Waals surface area contributed by atoms with E-state index >= 15 is 0 Å². The summed E-state index contributed by atoms with van der Waals surface area (Å²) in [5.41, 5.74) is 3.84. The summed E-state index contributed by atoms with van der Waals surface area (Å²) in [5, 5.41) is 0. The second-order valence-corrected chi connectivity index (χ2v) is 5.35. The molecule has 0 fully saturated rings. The van der Waals surface area contributed by atoms with E-state index in [0.717, 1.165) is 5.92 Å². The van der Waals surface area contributed by atoms with Crippen molar-refractivity contribution in [3.63, 3.8) is 0 Å². The molecule has 0 saturated heterocycles. The zero-order valence-electron chi connectivity index (χ0n) is 14.1. The second-order valence-electron chi connectivity index (χ2n) is 5.35. The van der Waals surface area contributed by atoms with Crippen molar-refractivity contribution in [1.82, 2.24) is 0 Å². The van der Waals surface area contributed by atoms with Gasteiger partial charge in [-0.15, -0.1) is 0 Å². The summed E-state index contributed by atoms with van der Waals surface area (Å²) in [6.07, 6.45) is 4.13. The molecule has 110 valence electrons. The molecule has 0 unspecified atom stereocenters. The molecule has 2 aromatic rings. The molecule has 0 saturated carbocycles. The van der Waals surface area contributed by atoms with Crippen LogP contribution in [0, 0.1) is 12.8 Å². The van der Waals surface area contributed by atoms with Gasteiger partial charge in [0.15, 0.2) is 12.4 Å². The van der Waals surface area contributed by atoms with Crippen LogP contribution in [0.15, 0.2) is 48.8 Å². The average molecular weight is 272 g/mol. The molecule has 0 N–H and O–H groups in total. The molecule has 1 nitrogen and oxygen atoms in total. The Bertz CT molecular complexity index is 406. The zero-order valence-corrected chi connectivity index (χ0v) is 14.1. The molecule has 0 atom stereocenters. The minimum Gasteiger partial charge on any atom is -0.208 e. The van der Waals surface area contributed by atoms with Gasteiger partial charge in [-0.05, 0) is 24.0 Å². The Morgan fingerprint density at radius 3 is 1.50 bits per heavy atom. The Balaban J connectivity index is 0.000000521. The Morgan fingerprint density at radius 1 is 0.750 bits per heavy atom. The summed E-state index contributed by atoms with van der Waals surface area (Å²) in [6, 6.07) is 12.9. The number of aromatic nitrogens is 1. The fourth-order valence-corrected chi connectivity index (χ4v) is 1.44. The quantitative estimate of drug-likeness (QED) is 0.630. The third-order valence-corrected chi connectivity index (χ3v) is 2.36. The van der Waals surface area contributed by atoms with Gasteiger partial charge in [-0.1, -0.05) is 64.4 Å². The predicted octanol–water partition coefficient (Wildman–Crippen LogP) is 5.18. The summed E-state index contributed by atoms with van der Waals surface area (Å²) in [4.78, 5) is 0. The number of aryl methyl sites for hydroxylation is 2. The summed E-state index contributed by atoms with van der Waals surface area (Å²) in [6.45, 7) is 12.6. The first kappa shape index (κ1) is 18.4. The Hall–Kier alpha value is -1.63. The molecule has 20 heavy (non-hydrogen) atoms. The van der Waals surface area contributed by atoms with Crippen LogP contribution in [0.3, 0.4) is 0 Å². The largest absolute Gasteiger partial charge is 0.208 e. The third kappa shape index (κ3) is 7.73. The van der Waals surface area contributed by atoms with Crippen molar-refractivity contribution in [3.05, 3.63) is 54.4 Å². The number of rotatable bonds is 1. The summed E-state index contributed by atoms with van der Waals surface area (Å²) >= 11 is 0. The van der Waals surface area contributed by atoms with Crippen molar-refractivity contribution in [2.24, 2.45) is 13.0 Å². The van der Waals surface area contributed by atoms with E-state index in [1.807, 2.05) is 25.5 Å². The summed E-state index contributed by atoms with van der Waals surface area (Å²) < 4.78 is 2.04. The smallest absolute Gasteiger partial charge is 0.169 e. The van der Waals surface area contributed by atoms with Gasteiger partial charge in [-0.2, -0.15) is 0 Å². The first-order chi connectivity index (χ1) is 9.49. The van der Waals surface area contributed by atoms with E-state index in [2.05, 4.69) is 76.5 Å². The average Bonchev–Trinajstić information content (AvgIpc) is 2.42. The van der Waals surface area contributed by atoms with Crippen molar-refractivity contribution in [2.45, 2.75) is 41.5 Å². The van der Waals surface area contributed by atoms with Gasteiger partial charge in [0.25, 0.3) is 0 Å². The highest BCUT2D eigenvalue weighted by atomic mass is 14.9. The van der Waals surface area contributed by atoms with Crippen LogP contribution < -0.4 is 4.57 Å². The Labute approximate surface area is 125 Å². The first-order valence-electron chi connectivity index (χ1n) is 7.51. The van der Waals surface area contributed by atoms with Crippen LogP contribution in [0.4, 0.5) is 0 Å². The van der Waals surface area contributed by atoms with E-state index < -0.39 is 0 Å². The van der Waals surface area contributed by atoms with Crippen molar-refractivity contribution >= 4 is 0 Å². The molecular weight excluding hydrogens is 242 g/mol. The Morgan fingerprint density at radius 2 is 1.10 bits per heavy atom. The zero-order chi connectivity index (χ0) is 15.5. The predicted molar refractivity (Wildman–Crippen MR) is 89.7 cm³/mol. The summed E-state index contributed by atoms with van der Waals surface area (Å²) in [7, 11) is 2.03. The fourth-order valence-electron chi connectivity index (χ4n) is 1.44. The third-order valence-electron chi connectivity index (χ3n) is 2.36. The minimum atomic E-state index is 0.833. The number of hydrogen-bond donors (Lipinski definition) is 0. The van der Waals surface area contributed by atoms with Crippen molar-refractivity contribution in [2.75, 3.05) is 0 Å². The van der Waals surface area contributed by atoms with Crippen LogP contribution in [0.5, 0.6) is 0 Å². The maximum absolute atomic E-state index is 2.17. The molecular formula is C19H30N+. The maximum atomic E-state index is 2.17. The molecule has 1 heteroatoms. The molecule has 1 aromatic heterocycles. The van der Waals surface area contributed by atoms with E-state index in [4.69, 9.17) is 0 Å². The number of benzene rings is 1. The lowest BCUT2D eigenvalue weighted by Crippen LogP contribution is -2.25. The van der Waals surface area contributed by atoms with Gasteiger partial charge >= 0.3 is 0 Å². The van der Waals surface area contributed by atoms with E-state index in [1.54, 1.807) is 0 Å². The van der Waals surface area contributed by atoms with Gasteiger partial charge < -0.3 is 0 Å². The monoisotopic (exact) mass is 272 g/mol. The van der Waals surface area contributed by atoms with E-state index in [-0.39, 0.29) is 0 Å². The molecule has 1 heterocycles. The lowest BCUT2D eigenvalue weighted by molar-refractivity contribution is -0.671. The van der Waals surface area contributed by atoms with Crippen molar-refractivity contribution in [1.29, 1.82) is 0 Å². The molecule has 0 radical (unpaired) electrons. The number of pyridine rings is 1. The lowest BCUT2D eigenvalue weighted by Gasteiger charge is -2.00. The van der Waals surface area contributed by atoms with Crippen LogP contribution >= 0.6 is 0 Å². The molecule has 2 rings (SSSR count). The Kier molecular flexibility index (Phi) is 9.36. The molecule has 0 amide bonds. The maximum Gasteiger partial charge on any atom is 0.169 e. The molecule has 0 aliphatic carbocycles. The van der Waals surface area contributed by atoms with Crippen LogP contribution in [0.25, 0.3) is 11.1 Å². The van der Waals surface area contributed by atoms with Crippen molar-refractivity contribution in [3.8, 4) is 11.1 Å². The topological polar surface area (TPSA) is 3.88 Å². The molecule has 0 bridgehead atoms. The number of nitrogens with zero attached hydrogens (tertiary/aromatic N) is 1. The van der Waals surface area contributed by atoms with Crippen LogP contribution in [0.1, 0.15) is 40.2 Å². The molecule has 0 spiro atoms. The SMILES string of the molecule is CC.CC(C)C.Cc1ccc(-c2cc[n+](C)cc2)cc1. The van der Waals surface area contributed by atoms with Crippen LogP contribution in [-0.4, -0.2) is 0 Å². The van der Waals surface area contributed by atoms with E-state index in [0.29, 0.717) is 0 Å². The highest BCUT2D eigenvalue weighted by Crippen LogP contribution is 2.17. The second kappa shape index (κ2) is 10.2. The fraction of sp³-hybridized carbons (Fsp3) is 0.421. The van der Waals surface area contributed by atoms with Gasteiger partial charge in [0, 0.05) is 12.1 Å². The highest BCUT2D eigenvalue weighted by Gasteiger charge is 1.98. The van der Waals surface area contributed by atoms with E-state index in [9.17, 15) is 0 Å². The van der Waals surface area contributed by atoms with Gasteiger partial charge in [0.1, 0.15) is 7.05 Å². The van der Waals surface area contributed by atoms with Crippen molar-refractivity contribution < 1.29 is 4.57 Å². The summed E-state index contributed by atoms with van der Waals surface area (Å²) in [5.74, 6) is 0.833. The van der Waals surface area contributed by atoms with E-state index in [1.165, 1.54) is 16.7 Å². The molecule has 0 aliphatic rings. The van der Waals surface area contributed by atoms with Crippen LogP contribution in [-0.2, 0) is 7.05 Å². The normalized spacial score (nSPS) is 9.20. The van der Waals surface area contributed by atoms with Gasteiger partial charge in [-0.3, -0.25) is 0 Å². The highest BCUT2D eigenvalue weighted by molar-refractivity contribution is 5.62. The molecule has 1 aromatic carbocycles. The van der Waals surface area contributed by atoms with Gasteiger partial charge in [-0.25, -0.2) is 4.57 Å². The first-order valence-corrected chi connectivity index (χ1v) is 7.51. The number of hydrogen-bond acceptors (Lipinski definition) is 0. The minimum absolute atomic E-state index is 0.833. The standard InChI is InChI=1S/C13H14N.C4H10.C2H6/c1-11-3-5-12(6-4-11)13-7-9-14(2)10-8-13;1-4(2)3;1-2/h3-10H,1-2H3;4H,1-3H3;1-2H3/q+1;;.